The second kappa shape index (κ2) is 4.37. The van der Waals surface area contributed by atoms with Gasteiger partial charge in [-0.05, 0) is 27.7 Å². The zero-order valence-electron chi connectivity index (χ0n) is 9.61. The highest BCUT2D eigenvalue weighted by molar-refractivity contribution is 5.68. The minimum Gasteiger partial charge on any atom is -0.444 e. The van der Waals surface area contributed by atoms with Crippen LogP contribution in [0.5, 0.6) is 0 Å². The fourth-order valence-electron chi connectivity index (χ4n) is 1.43. The molecule has 0 radical (unpaired) electrons. The number of aliphatic hydroxyl groups excluding tert-OH is 1. The van der Waals surface area contributed by atoms with Crippen LogP contribution < -0.4 is 5.32 Å². The molecule has 0 saturated carbocycles. The molecule has 0 spiro atoms. The van der Waals surface area contributed by atoms with Gasteiger partial charge in [0.05, 0.1) is 18.8 Å². The van der Waals surface area contributed by atoms with Crippen LogP contribution in [0.4, 0.5) is 4.79 Å². The Bertz CT molecular complexity index is 226. The predicted octanol–water partition coefficient (Wildman–Crippen LogP) is 0.659. The maximum atomic E-state index is 11.4. The Morgan fingerprint density at radius 3 is 2.53 bits per heavy atom. The zero-order valence-corrected chi connectivity index (χ0v) is 9.61. The van der Waals surface area contributed by atoms with Gasteiger partial charge in [-0.2, -0.15) is 0 Å². The monoisotopic (exact) mass is 217 g/mol. The van der Waals surface area contributed by atoms with Crippen molar-refractivity contribution in [2.75, 3.05) is 6.61 Å². The molecule has 15 heavy (non-hydrogen) atoms. The van der Waals surface area contributed by atoms with Crippen molar-refractivity contribution in [3.8, 4) is 0 Å². The molecule has 1 aliphatic heterocycles. The average molecular weight is 217 g/mol. The first-order valence-corrected chi connectivity index (χ1v) is 5.09. The van der Waals surface area contributed by atoms with Gasteiger partial charge in [0.25, 0.3) is 0 Å². The second-order valence-electron chi connectivity index (χ2n) is 4.78. The van der Waals surface area contributed by atoms with E-state index in [1.807, 2.05) is 0 Å². The first-order chi connectivity index (χ1) is 6.79. The number of hydrogen-bond acceptors (Lipinski definition) is 4. The lowest BCUT2D eigenvalue weighted by Crippen LogP contribution is -2.47. The molecule has 0 aliphatic carbocycles. The summed E-state index contributed by atoms with van der Waals surface area (Å²) in [6.07, 6.45) is -1.37. The van der Waals surface area contributed by atoms with Crippen molar-refractivity contribution >= 4 is 6.09 Å². The Balaban J connectivity index is 2.44. The largest absolute Gasteiger partial charge is 0.444 e. The summed E-state index contributed by atoms with van der Waals surface area (Å²) in [5.41, 5.74) is -0.530. The van der Waals surface area contributed by atoms with Gasteiger partial charge in [0.1, 0.15) is 11.7 Å². The molecule has 0 bridgehead atoms. The molecule has 88 valence electrons. The topological polar surface area (TPSA) is 67.8 Å². The molecule has 1 saturated heterocycles. The standard InChI is InChI=1S/C10H19NO4/c1-6-8(7(12)5-14-6)11-9(13)15-10(2,3)4/h6-8,12H,5H2,1-4H3,(H,11,13)/t6-,7+,8-/m1/s1. The summed E-state index contributed by atoms with van der Waals surface area (Å²) in [5, 5.41) is 12.1. The number of amides is 1. The summed E-state index contributed by atoms with van der Waals surface area (Å²) in [4.78, 5) is 11.4. The number of carbonyl (C=O) groups excluding carboxylic acids is 1. The lowest BCUT2D eigenvalue weighted by Gasteiger charge is -2.23. The Kier molecular flexibility index (Phi) is 3.57. The molecule has 5 heteroatoms. The smallest absolute Gasteiger partial charge is 0.408 e. The van der Waals surface area contributed by atoms with E-state index in [0.29, 0.717) is 0 Å². The van der Waals surface area contributed by atoms with E-state index in [1.165, 1.54) is 0 Å². The van der Waals surface area contributed by atoms with Crippen molar-refractivity contribution in [1.29, 1.82) is 0 Å². The summed E-state index contributed by atoms with van der Waals surface area (Å²) in [5.74, 6) is 0. The lowest BCUT2D eigenvalue weighted by atomic mass is 10.1. The number of alkyl carbamates (subject to hydrolysis) is 1. The van der Waals surface area contributed by atoms with E-state index in [2.05, 4.69) is 5.32 Å². The van der Waals surface area contributed by atoms with E-state index in [9.17, 15) is 9.90 Å². The lowest BCUT2D eigenvalue weighted by molar-refractivity contribution is 0.0438. The van der Waals surface area contributed by atoms with Crippen LogP contribution in [0.15, 0.2) is 0 Å². The molecule has 1 amide bonds. The van der Waals surface area contributed by atoms with Gasteiger partial charge in [0.15, 0.2) is 0 Å². The first-order valence-electron chi connectivity index (χ1n) is 5.09. The van der Waals surface area contributed by atoms with Gasteiger partial charge in [-0.15, -0.1) is 0 Å². The first kappa shape index (κ1) is 12.3. The van der Waals surface area contributed by atoms with Crippen molar-refractivity contribution < 1.29 is 19.4 Å². The molecule has 5 nitrogen and oxygen atoms in total. The van der Waals surface area contributed by atoms with Gasteiger partial charge in [0, 0.05) is 0 Å². The van der Waals surface area contributed by atoms with Crippen LogP contribution in [0.1, 0.15) is 27.7 Å². The minimum absolute atomic E-state index is 0.187. The highest BCUT2D eigenvalue weighted by Crippen LogP contribution is 2.14. The molecule has 0 aromatic rings. The molecule has 2 N–H and O–H groups in total. The molecule has 0 aromatic heterocycles. The van der Waals surface area contributed by atoms with Gasteiger partial charge < -0.3 is 19.9 Å². The van der Waals surface area contributed by atoms with Crippen molar-refractivity contribution in [3.63, 3.8) is 0 Å². The number of aliphatic hydroxyl groups is 1. The normalized spacial score (nSPS) is 31.4. The van der Waals surface area contributed by atoms with E-state index in [0.717, 1.165) is 0 Å². The van der Waals surface area contributed by atoms with Crippen molar-refractivity contribution in [2.24, 2.45) is 0 Å². The van der Waals surface area contributed by atoms with Gasteiger partial charge >= 0.3 is 6.09 Å². The van der Waals surface area contributed by atoms with Crippen LogP contribution in [-0.4, -0.2) is 41.7 Å². The Morgan fingerprint density at radius 2 is 2.13 bits per heavy atom. The predicted molar refractivity (Wildman–Crippen MR) is 54.6 cm³/mol. The summed E-state index contributed by atoms with van der Waals surface area (Å²) >= 11 is 0. The van der Waals surface area contributed by atoms with Crippen LogP contribution in [0.25, 0.3) is 0 Å². The molecule has 0 unspecified atom stereocenters. The third kappa shape index (κ3) is 3.68. The summed E-state index contributed by atoms with van der Waals surface area (Å²) in [6, 6.07) is -0.389. The fourth-order valence-corrected chi connectivity index (χ4v) is 1.43. The number of ether oxygens (including phenoxy) is 2. The Morgan fingerprint density at radius 1 is 1.53 bits per heavy atom. The van der Waals surface area contributed by atoms with Gasteiger partial charge in [0.2, 0.25) is 0 Å². The van der Waals surface area contributed by atoms with E-state index in [4.69, 9.17) is 9.47 Å². The molecule has 3 atom stereocenters. The van der Waals surface area contributed by atoms with Crippen molar-refractivity contribution in [1.82, 2.24) is 5.32 Å². The third-order valence-corrected chi connectivity index (χ3v) is 2.13. The van der Waals surface area contributed by atoms with Crippen LogP contribution >= 0.6 is 0 Å². The number of carbonyl (C=O) groups is 1. The van der Waals surface area contributed by atoms with Crippen molar-refractivity contribution in [2.45, 2.75) is 51.5 Å². The summed E-state index contributed by atoms with van der Waals surface area (Å²) in [7, 11) is 0. The minimum atomic E-state index is -0.660. The van der Waals surface area contributed by atoms with E-state index in [-0.39, 0.29) is 18.8 Å². The fraction of sp³-hybridized carbons (Fsp3) is 0.900. The number of nitrogens with one attached hydrogen (secondary N) is 1. The van der Waals surface area contributed by atoms with E-state index >= 15 is 0 Å². The number of hydrogen-bond donors (Lipinski definition) is 2. The molecule has 0 aromatic carbocycles. The average Bonchev–Trinajstić information content (AvgIpc) is 2.32. The summed E-state index contributed by atoms with van der Waals surface area (Å²) in [6.45, 7) is 7.42. The van der Waals surface area contributed by atoms with Gasteiger partial charge in [-0.1, -0.05) is 0 Å². The van der Waals surface area contributed by atoms with Crippen molar-refractivity contribution in [3.05, 3.63) is 0 Å². The molecular formula is C10H19NO4. The zero-order chi connectivity index (χ0) is 11.6. The maximum Gasteiger partial charge on any atom is 0.408 e. The Labute approximate surface area is 89.8 Å². The van der Waals surface area contributed by atoms with Crippen LogP contribution in [-0.2, 0) is 9.47 Å². The Hall–Kier alpha value is -0.810. The molecule has 1 aliphatic rings. The van der Waals surface area contributed by atoms with Crippen LogP contribution in [0, 0.1) is 0 Å². The van der Waals surface area contributed by atoms with E-state index in [1.54, 1.807) is 27.7 Å². The second-order valence-corrected chi connectivity index (χ2v) is 4.78. The van der Waals surface area contributed by atoms with Crippen LogP contribution in [0.2, 0.25) is 0 Å². The van der Waals surface area contributed by atoms with E-state index < -0.39 is 17.8 Å². The maximum absolute atomic E-state index is 11.4. The quantitative estimate of drug-likeness (QED) is 0.677. The highest BCUT2D eigenvalue weighted by atomic mass is 16.6. The third-order valence-electron chi connectivity index (χ3n) is 2.13. The molecular weight excluding hydrogens is 198 g/mol. The number of rotatable bonds is 1. The van der Waals surface area contributed by atoms with Crippen LogP contribution in [0.3, 0.4) is 0 Å². The molecule has 1 heterocycles. The van der Waals surface area contributed by atoms with Gasteiger partial charge in [-0.3, -0.25) is 0 Å². The highest BCUT2D eigenvalue weighted by Gasteiger charge is 2.35. The molecule has 1 fully saturated rings. The summed E-state index contributed by atoms with van der Waals surface area (Å²) < 4.78 is 10.3. The SMILES string of the molecule is C[C@H]1OC[C@H](O)[C@@H]1NC(=O)OC(C)(C)C. The van der Waals surface area contributed by atoms with Gasteiger partial charge in [-0.25, -0.2) is 4.79 Å². The molecule has 1 rings (SSSR count).